The number of ether oxygens (including phenoxy) is 6. The summed E-state index contributed by atoms with van der Waals surface area (Å²) in [5.74, 6) is -0.987. The van der Waals surface area contributed by atoms with Gasteiger partial charge in [0.1, 0.15) is 55.4 Å². The largest absolute Gasteiger partial charge is 0.462 e. The van der Waals surface area contributed by atoms with Gasteiger partial charge in [0, 0.05) is 12.8 Å². The lowest BCUT2D eigenvalue weighted by Crippen LogP contribution is -2.61. The van der Waals surface area contributed by atoms with Gasteiger partial charge in [0.25, 0.3) is 0 Å². The highest BCUT2D eigenvalue weighted by molar-refractivity contribution is 5.70. The van der Waals surface area contributed by atoms with Gasteiger partial charge in [-0.25, -0.2) is 0 Å². The lowest BCUT2D eigenvalue weighted by molar-refractivity contribution is -0.332. The number of esters is 2. The lowest BCUT2D eigenvalue weighted by atomic mass is 9.98. The van der Waals surface area contributed by atoms with Crippen LogP contribution in [-0.4, -0.2) is 142 Å². The Morgan fingerprint density at radius 3 is 1.52 bits per heavy atom. The number of unbranched alkanes of at least 4 members (excludes halogenated alkanes) is 14. The second kappa shape index (κ2) is 39.0. The van der Waals surface area contributed by atoms with Crippen molar-refractivity contribution >= 4 is 11.9 Å². The Balaban J connectivity index is 1.84. The van der Waals surface area contributed by atoms with Crippen molar-refractivity contribution in [2.75, 3.05) is 26.4 Å². The summed E-state index contributed by atoms with van der Waals surface area (Å²) in [7, 11) is 0. The molecule has 15 nitrogen and oxygen atoms in total. The Hall–Kier alpha value is -2.80. The number of aliphatic hydroxyl groups is 7. The van der Waals surface area contributed by atoms with Crippen LogP contribution in [0, 0.1) is 0 Å². The van der Waals surface area contributed by atoms with Crippen molar-refractivity contribution in [2.24, 2.45) is 0 Å². The van der Waals surface area contributed by atoms with Crippen LogP contribution in [0.5, 0.6) is 0 Å². The standard InChI is InChI=1S/C52H88O15/c1-3-5-7-9-11-13-15-17-19-21-22-24-26-28-30-32-34-43(54)62-37-40(65-44(55)35-33-31-29-27-25-23-20-18-16-14-12-10-8-6-4-2)38-63-51-50(61)48(59)46(57)42(67-51)39-64-52-49(60)47(58)45(56)41(36-53)66-52/h6,8,12,14,18-21,25,27,40-42,45-53,56-61H,3-5,7,9-11,13,15-17,22-24,26,28-39H2,1-2H3/b8-6-,14-12-,20-18-,21-19-,27-25-. The van der Waals surface area contributed by atoms with Crippen molar-refractivity contribution in [1.82, 2.24) is 0 Å². The summed E-state index contributed by atoms with van der Waals surface area (Å²) in [4.78, 5) is 25.7. The molecular formula is C52H88O15. The summed E-state index contributed by atoms with van der Waals surface area (Å²) < 4.78 is 33.5. The molecule has 2 heterocycles. The Morgan fingerprint density at radius 2 is 0.940 bits per heavy atom. The molecule has 2 fully saturated rings. The second-order valence-corrected chi connectivity index (χ2v) is 17.6. The SMILES string of the molecule is CC/C=C\C/C=C\C/C=C\C/C=C\CCCCC(=O)OC(COC(=O)CCCCCCC/C=C\CCCCCCCCC)COC1OC(COC2OC(CO)C(O)C(O)C2O)C(O)C(O)C1O. The van der Waals surface area contributed by atoms with E-state index in [4.69, 9.17) is 28.4 Å². The molecule has 2 aliphatic rings. The minimum absolute atomic E-state index is 0.109. The maximum Gasteiger partial charge on any atom is 0.306 e. The van der Waals surface area contributed by atoms with Gasteiger partial charge in [-0.1, -0.05) is 132 Å². The molecule has 15 heteroatoms. The molecule has 11 unspecified atom stereocenters. The van der Waals surface area contributed by atoms with Crippen molar-refractivity contribution in [2.45, 2.75) is 229 Å². The molecule has 0 saturated carbocycles. The fraction of sp³-hybridized carbons (Fsp3) is 0.769. The molecule has 386 valence electrons. The topological polar surface area (TPSA) is 231 Å². The highest BCUT2D eigenvalue weighted by atomic mass is 16.7. The maximum absolute atomic E-state index is 13.0. The number of carbonyl (C=O) groups is 2. The van der Waals surface area contributed by atoms with Crippen molar-refractivity contribution in [1.29, 1.82) is 0 Å². The second-order valence-electron chi connectivity index (χ2n) is 17.6. The quantitative estimate of drug-likeness (QED) is 0.0190. The molecule has 11 atom stereocenters. The molecule has 0 amide bonds. The van der Waals surface area contributed by atoms with Gasteiger partial charge < -0.3 is 64.2 Å². The van der Waals surface area contributed by atoms with Crippen LogP contribution in [0.25, 0.3) is 0 Å². The molecule has 67 heavy (non-hydrogen) atoms. The molecule has 2 aliphatic heterocycles. The fourth-order valence-electron chi connectivity index (χ4n) is 7.55. The zero-order valence-corrected chi connectivity index (χ0v) is 40.6. The van der Waals surface area contributed by atoms with Gasteiger partial charge in [0.2, 0.25) is 0 Å². The van der Waals surface area contributed by atoms with E-state index in [1.807, 2.05) is 0 Å². The molecule has 7 N–H and O–H groups in total. The number of carbonyl (C=O) groups excluding carboxylic acids is 2. The Bertz CT molecular complexity index is 1400. The zero-order valence-electron chi connectivity index (χ0n) is 40.6. The first-order valence-corrected chi connectivity index (χ1v) is 25.4. The van der Waals surface area contributed by atoms with E-state index in [0.717, 1.165) is 77.0 Å². The molecule has 2 rings (SSSR count). The predicted octanol–water partition coefficient (Wildman–Crippen LogP) is 6.88. The maximum atomic E-state index is 13.0. The average Bonchev–Trinajstić information content (AvgIpc) is 3.32. The van der Waals surface area contributed by atoms with E-state index < -0.39 is 99.3 Å². The summed E-state index contributed by atoms with van der Waals surface area (Å²) in [6.45, 7) is 2.41. The summed E-state index contributed by atoms with van der Waals surface area (Å²) in [6, 6.07) is 0. The van der Waals surface area contributed by atoms with E-state index in [-0.39, 0.29) is 19.4 Å². The van der Waals surface area contributed by atoms with Crippen LogP contribution in [0.15, 0.2) is 60.8 Å². The first kappa shape index (κ1) is 60.3. The molecule has 2 saturated heterocycles. The van der Waals surface area contributed by atoms with Crippen LogP contribution in [0.1, 0.15) is 162 Å². The number of rotatable bonds is 38. The van der Waals surface area contributed by atoms with Gasteiger partial charge in [0.05, 0.1) is 19.8 Å². The Morgan fingerprint density at radius 1 is 0.493 bits per heavy atom. The fourth-order valence-corrected chi connectivity index (χ4v) is 7.55. The molecule has 0 aliphatic carbocycles. The molecule has 0 spiro atoms. The van der Waals surface area contributed by atoms with E-state index in [1.54, 1.807) is 0 Å². The van der Waals surface area contributed by atoms with E-state index >= 15 is 0 Å². The van der Waals surface area contributed by atoms with Gasteiger partial charge in [-0.15, -0.1) is 0 Å². The number of allylic oxidation sites excluding steroid dienone is 10. The molecular weight excluding hydrogens is 865 g/mol. The summed E-state index contributed by atoms with van der Waals surface area (Å²) in [5, 5.41) is 72.0. The molecule has 0 radical (unpaired) electrons. The zero-order chi connectivity index (χ0) is 48.9. The van der Waals surface area contributed by atoms with E-state index in [9.17, 15) is 45.3 Å². The smallest absolute Gasteiger partial charge is 0.306 e. The Kier molecular flexibility index (Phi) is 35.1. The van der Waals surface area contributed by atoms with Crippen LogP contribution >= 0.6 is 0 Å². The highest BCUT2D eigenvalue weighted by Gasteiger charge is 2.47. The van der Waals surface area contributed by atoms with Crippen molar-refractivity contribution in [3.05, 3.63) is 60.8 Å². The summed E-state index contributed by atoms with van der Waals surface area (Å²) in [5.41, 5.74) is 0. The third-order valence-corrected chi connectivity index (χ3v) is 11.7. The van der Waals surface area contributed by atoms with E-state index in [0.29, 0.717) is 12.8 Å². The normalized spacial score (nSPS) is 26.5. The van der Waals surface area contributed by atoms with Gasteiger partial charge in [-0.3, -0.25) is 9.59 Å². The third kappa shape index (κ3) is 27.3. The van der Waals surface area contributed by atoms with Gasteiger partial charge >= 0.3 is 11.9 Å². The van der Waals surface area contributed by atoms with Crippen LogP contribution in [0.2, 0.25) is 0 Å². The molecule has 0 aromatic carbocycles. The number of aliphatic hydroxyl groups excluding tert-OH is 7. The minimum atomic E-state index is -1.78. The van der Waals surface area contributed by atoms with Gasteiger partial charge in [0.15, 0.2) is 18.7 Å². The van der Waals surface area contributed by atoms with E-state index in [2.05, 4.69) is 74.6 Å². The summed E-state index contributed by atoms with van der Waals surface area (Å²) in [6.07, 6.45) is 26.8. The molecule has 0 aromatic heterocycles. The third-order valence-electron chi connectivity index (χ3n) is 11.7. The van der Waals surface area contributed by atoms with Crippen LogP contribution < -0.4 is 0 Å². The van der Waals surface area contributed by atoms with Gasteiger partial charge in [-0.2, -0.15) is 0 Å². The molecule has 0 bridgehead atoms. The predicted molar refractivity (Wildman–Crippen MR) is 256 cm³/mol. The summed E-state index contributed by atoms with van der Waals surface area (Å²) >= 11 is 0. The van der Waals surface area contributed by atoms with Crippen molar-refractivity contribution < 1.29 is 73.8 Å². The average molecular weight is 953 g/mol. The number of hydrogen-bond donors (Lipinski definition) is 7. The molecule has 0 aromatic rings. The minimum Gasteiger partial charge on any atom is -0.462 e. The first-order valence-electron chi connectivity index (χ1n) is 25.4. The first-order chi connectivity index (χ1) is 32.5. The Labute approximate surface area is 400 Å². The van der Waals surface area contributed by atoms with Crippen LogP contribution in [-0.2, 0) is 38.0 Å². The lowest BCUT2D eigenvalue weighted by Gasteiger charge is -2.42. The highest BCUT2D eigenvalue weighted by Crippen LogP contribution is 2.26. The van der Waals surface area contributed by atoms with Crippen LogP contribution in [0.3, 0.4) is 0 Å². The van der Waals surface area contributed by atoms with Crippen LogP contribution in [0.4, 0.5) is 0 Å². The monoisotopic (exact) mass is 953 g/mol. The van der Waals surface area contributed by atoms with Crippen molar-refractivity contribution in [3.8, 4) is 0 Å². The number of hydrogen-bond acceptors (Lipinski definition) is 15. The van der Waals surface area contributed by atoms with E-state index in [1.165, 1.54) is 44.9 Å². The van der Waals surface area contributed by atoms with Crippen molar-refractivity contribution in [3.63, 3.8) is 0 Å². The van der Waals surface area contributed by atoms with Gasteiger partial charge in [-0.05, 0) is 77.0 Å².